The van der Waals surface area contributed by atoms with Crippen LogP contribution in [0.5, 0.6) is 5.75 Å². The minimum Gasteiger partial charge on any atom is -0.481 e. The average Bonchev–Trinajstić information content (AvgIpc) is 2.44. The molecule has 94 valence electrons. The highest BCUT2D eigenvalue weighted by Gasteiger charge is 1.93. The van der Waals surface area contributed by atoms with Gasteiger partial charge in [0, 0.05) is 16.8 Å². The van der Waals surface area contributed by atoms with Gasteiger partial charge in [-0.1, -0.05) is 41.6 Å². The summed E-state index contributed by atoms with van der Waals surface area (Å²) < 4.78 is 5.46. The average molecular weight is 270 g/mol. The zero-order valence-electron chi connectivity index (χ0n) is 10.2. The van der Waals surface area contributed by atoms with Crippen molar-refractivity contribution in [3.63, 3.8) is 0 Å². The molecule has 1 N–H and O–H groups in total. The molecule has 0 heterocycles. The van der Waals surface area contributed by atoms with Crippen molar-refractivity contribution in [2.45, 2.75) is 0 Å². The van der Waals surface area contributed by atoms with E-state index < -0.39 is 0 Å². The van der Waals surface area contributed by atoms with Gasteiger partial charge in [0.2, 0.25) is 0 Å². The van der Waals surface area contributed by atoms with Crippen LogP contribution < -0.4 is 4.74 Å². The lowest BCUT2D eigenvalue weighted by molar-refractivity contribution is 0.370. The summed E-state index contributed by atoms with van der Waals surface area (Å²) in [6.45, 7) is 0.301. The first kappa shape index (κ1) is 13.2. The first-order chi connectivity index (χ1) is 9.28. The Morgan fingerprint density at radius 2 is 2.00 bits per heavy atom. The minimum absolute atomic E-state index is 0.301. The molecule has 0 aliphatic rings. The molecule has 0 unspecified atom stereocenters. The van der Waals surface area contributed by atoms with Gasteiger partial charge in [-0.3, -0.25) is 0 Å². The summed E-state index contributed by atoms with van der Waals surface area (Å²) in [5.41, 5.74) is 1.71. The number of halogens is 1. The van der Waals surface area contributed by atoms with Gasteiger partial charge >= 0.3 is 0 Å². The molecule has 0 aliphatic carbocycles. The maximum absolute atomic E-state index is 7.18. The maximum atomic E-state index is 7.18. The van der Waals surface area contributed by atoms with Crippen LogP contribution in [0.2, 0.25) is 5.02 Å². The van der Waals surface area contributed by atoms with E-state index in [4.69, 9.17) is 21.7 Å². The topological polar surface area (TPSA) is 33.1 Å². The van der Waals surface area contributed by atoms with Gasteiger partial charge in [0.1, 0.15) is 12.4 Å². The number of rotatable bonds is 3. The predicted molar refractivity (Wildman–Crippen MR) is 78.2 cm³/mol. The van der Waals surface area contributed by atoms with Gasteiger partial charge in [0.05, 0.1) is 0 Å². The summed E-state index contributed by atoms with van der Waals surface area (Å²) in [7, 11) is 0. The Morgan fingerprint density at radius 1 is 1.16 bits per heavy atom. The Labute approximate surface area is 117 Å². The van der Waals surface area contributed by atoms with Crippen molar-refractivity contribution < 1.29 is 4.74 Å². The zero-order valence-corrected chi connectivity index (χ0v) is 10.9. The molecule has 0 amide bonds. The van der Waals surface area contributed by atoms with Crippen LogP contribution in [0.3, 0.4) is 0 Å². The van der Waals surface area contributed by atoms with E-state index in [1.807, 2.05) is 36.4 Å². The standard InChI is InChI=1S/C16H12ClNO/c17-15-7-2-8-16(11-15)19-9-3-6-13-4-1-5-14(10-13)12-18/h1-2,4-5,7-8,10-12,18H,9H2. The number of hydrogen-bond acceptors (Lipinski definition) is 2. The van der Waals surface area contributed by atoms with Crippen molar-refractivity contribution in [3.05, 3.63) is 64.7 Å². The molecule has 3 heteroatoms. The second-order valence-corrected chi connectivity index (χ2v) is 4.25. The summed E-state index contributed by atoms with van der Waals surface area (Å²) in [5.74, 6) is 6.63. The molecule has 2 aromatic rings. The Kier molecular flexibility index (Phi) is 4.60. The molecule has 0 spiro atoms. The Hall–Kier alpha value is -2.24. The zero-order chi connectivity index (χ0) is 13.5. The maximum Gasteiger partial charge on any atom is 0.149 e. The summed E-state index contributed by atoms with van der Waals surface area (Å²) in [6.07, 6.45) is 1.30. The molecule has 2 nitrogen and oxygen atoms in total. The van der Waals surface area contributed by atoms with Crippen molar-refractivity contribution in [1.82, 2.24) is 0 Å². The van der Waals surface area contributed by atoms with Crippen LogP contribution in [0.1, 0.15) is 11.1 Å². The Morgan fingerprint density at radius 3 is 2.79 bits per heavy atom. The van der Waals surface area contributed by atoms with E-state index in [9.17, 15) is 0 Å². The number of benzene rings is 2. The van der Waals surface area contributed by atoms with Gasteiger partial charge in [0.15, 0.2) is 0 Å². The van der Waals surface area contributed by atoms with E-state index in [2.05, 4.69) is 11.8 Å². The van der Waals surface area contributed by atoms with Crippen LogP contribution in [0.15, 0.2) is 48.5 Å². The number of nitrogens with one attached hydrogen (secondary N) is 1. The first-order valence-electron chi connectivity index (χ1n) is 5.76. The second-order valence-electron chi connectivity index (χ2n) is 3.82. The van der Waals surface area contributed by atoms with E-state index in [1.54, 1.807) is 12.1 Å². The normalized spacial score (nSPS) is 9.32. The highest BCUT2D eigenvalue weighted by atomic mass is 35.5. The van der Waals surface area contributed by atoms with Crippen molar-refractivity contribution in [2.24, 2.45) is 0 Å². The predicted octanol–water partition coefficient (Wildman–Crippen LogP) is 3.77. The van der Waals surface area contributed by atoms with E-state index >= 15 is 0 Å². The van der Waals surface area contributed by atoms with Gasteiger partial charge in [0.25, 0.3) is 0 Å². The van der Waals surface area contributed by atoms with Gasteiger partial charge in [-0.2, -0.15) is 0 Å². The third kappa shape index (κ3) is 4.17. The van der Waals surface area contributed by atoms with E-state index in [-0.39, 0.29) is 0 Å². The molecule has 0 bridgehead atoms. The van der Waals surface area contributed by atoms with Crippen LogP contribution in [-0.2, 0) is 0 Å². The van der Waals surface area contributed by atoms with E-state index in [0.717, 1.165) is 11.1 Å². The van der Waals surface area contributed by atoms with Gasteiger partial charge in [-0.05, 0) is 35.9 Å². The second kappa shape index (κ2) is 6.63. The highest BCUT2D eigenvalue weighted by Crippen LogP contribution is 2.16. The van der Waals surface area contributed by atoms with Crippen molar-refractivity contribution in [3.8, 4) is 17.6 Å². The highest BCUT2D eigenvalue weighted by molar-refractivity contribution is 6.30. The molecule has 2 aromatic carbocycles. The van der Waals surface area contributed by atoms with E-state index in [0.29, 0.717) is 17.4 Å². The van der Waals surface area contributed by atoms with Crippen LogP contribution in [0, 0.1) is 17.3 Å². The minimum atomic E-state index is 0.301. The molecule has 0 radical (unpaired) electrons. The molecule has 0 atom stereocenters. The molecule has 19 heavy (non-hydrogen) atoms. The molecule has 0 saturated carbocycles. The third-order valence-electron chi connectivity index (χ3n) is 2.39. The molecular weight excluding hydrogens is 258 g/mol. The van der Waals surface area contributed by atoms with Crippen LogP contribution in [-0.4, -0.2) is 12.8 Å². The van der Waals surface area contributed by atoms with Crippen LogP contribution in [0.25, 0.3) is 0 Å². The van der Waals surface area contributed by atoms with Crippen molar-refractivity contribution in [2.75, 3.05) is 6.61 Å². The first-order valence-corrected chi connectivity index (χ1v) is 6.13. The van der Waals surface area contributed by atoms with Crippen molar-refractivity contribution in [1.29, 1.82) is 5.41 Å². The fourth-order valence-corrected chi connectivity index (χ4v) is 1.70. The smallest absolute Gasteiger partial charge is 0.149 e. The summed E-state index contributed by atoms with van der Waals surface area (Å²) >= 11 is 5.85. The molecule has 0 aliphatic heterocycles. The Balaban J connectivity index is 1.95. The largest absolute Gasteiger partial charge is 0.481 e. The van der Waals surface area contributed by atoms with Gasteiger partial charge < -0.3 is 10.1 Å². The van der Waals surface area contributed by atoms with E-state index in [1.165, 1.54) is 6.21 Å². The Bertz CT molecular complexity index is 640. The lowest BCUT2D eigenvalue weighted by Gasteiger charge is -2.01. The fraction of sp³-hybridized carbons (Fsp3) is 0.0625. The monoisotopic (exact) mass is 269 g/mol. The molecule has 0 fully saturated rings. The number of ether oxygens (including phenoxy) is 1. The lowest BCUT2D eigenvalue weighted by atomic mass is 10.1. The molecule has 0 saturated heterocycles. The number of hydrogen-bond donors (Lipinski definition) is 1. The molecular formula is C16H12ClNO. The summed E-state index contributed by atoms with van der Waals surface area (Å²) in [4.78, 5) is 0. The van der Waals surface area contributed by atoms with Gasteiger partial charge in [-0.15, -0.1) is 0 Å². The summed E-state index contributed by atoms with van der Waals surface area (Å²) in [6, 6.07) is 14.7. The lowest BCUT2D eigenvalue weighted by Crippen LogP contribution is -1.93. The quantitative estimate of drug-likeness (QED) is 0.668. The SMILES string of the molecule is N=Cc1cccc(C#CCOc2cccc(Cl)c2)c1. The summed E-state index contributed by atoms with van der Waals surface area (Å²) in [5, 5.41) is 7.82. The van der Waals surface area contributed by atoms with Crippen LogP contribution in [0.4, 0.5) is 0 Å². The van der Waals surface area contributed by atoms with Gasteiger partial charge in [-0.25, -0.2) is 0 Å². The molecule has 2 rings (SSSR count). The molecule has 0 aromatic heterocycles. The fourth-order valence-electron chi connectivity index (χ4n) is 1.52. The van der Waals surface area contributed by atoms with Crippen LogP contribution >= 0.6 is 11.6 Å². The van der Waals surface area contributed by atoms with Crippen molar-refractivity contribution >= 4 is 17.8 Å². The third-order valence-corrected chi connectivity index (χ3v) is 2.63.